The van der Waals surface area contributed by atoms with E-state index in [2.05, 4.69) is 71.3 Å². The standard InChI is InChI=1S/C37H41N5O5S/c1-8-48(45,46)29-17-14-27(15-18-29)33(41-36(44)47-37(5,6)7)35(43)39-28-16-20-31(38-22-28)34-40-30-19-11-24(3)21-32(30)42(34)25(4)26-12-9-23(2)10-13-26/h9-22,25,33H,8H2,1-7H3,(H,39,43)(H,41,44)/t25-,33?/m0/s1. The van der Waals surface area contributed by atoms with Gasteiger partial charge in [-0.3, -0.25) is 9.78 Å². The Morgan fingerprint density at radius 2 is 1.54 bits per heavy atom. The molecule has 0 aliphatic rings. The second kappa shape index (κ2) is 13.6. The molecule has 0 fully saturated rings. The molecule has 2 aromatic heterocycles. The van der Waals surface area contributed by atoms with E-state index in [-0.39, 0.29) is 16.7 Å². The molecule has 1 unspecified atom stereocenters. The number of nitrogens with zero attached hydrogens (tertiary/aromatic N) is 3. The van der Waals surface area contributed by atoms with Crippen molar-refractivity contribution in [1.82, 2.24) is 19.9 Å². The lowest BCUT2D eigenvalue weighted by molar-refractivity contribution is -0.118. The molecule has 3 aromatic carbocycles. The molecule has 0 saturated carbocycles. The van der Waals surface area contributed by atoms with Crippen molar-refractivity contribution in [3.05, 3.63) is 107 Å². The third-order valence-electron chi connectivity index (χ3n) is 7.93. The van der Waals surface area contributed by atoms with Crippen LogP contribution in [0, 0.1) is 13.8 Å². The molecular weight excluding hydrogens is 627 g/mol. The Morgan fingerprint density at radius 1 is 0.896 bits per heavy atom. The highest BCUT2D eigenvalue weighted by Gasteiger charge is 2.27. The summed E-state index contributed by atoms with van der Waals surface area (Å²) in [6.45, 7) is 13.0. The van der Waals surface area contributed by atoms with E-state index in [0.717, 1.165) is 22.2 Å². The predicted octanol–water partition coefficient (Wildman–Crippen LogP) is 7.32. The Kier molecular flexibility index (Phi) is 9.72. The number of alkyl carbamates (subject to hydrolysis) is 1. The monoisotopic (exact) mass is 667 g/mol. The summed E-state index contributed by atoms with van der Waals surface area (Å²) in [7, 11) is -3.45. The number of aromatic nitrogens is 3. The highest BCUT2D eigenvalue weighted by Crippen LogP contribution is 2.32. The summed E-state index contributed by atoms with van der Waals surface area (Å²) in [6.07, 6.45) is 0.749. The maximum atomic E-state index is 13.6. The van der Waals surface area contributed by atoms with Gasteiger partial charge in [0.25, 0.3) is 5.91 Å². The van der Waals surface area contributed by atoms with Crippen LogP contribution in [0.5, 0.6) is 0 Å². The van der Waals surface area contributed by atoms with E-state index in [1.165, 1.54) is 29.8 Å². The number of hydrogen-bond donors (Lipinski definition) is 2. The van der Waals surface area contributed by atoms with Gasteiger partial charge in [0.05, 0.1) is 39.6 Å². The zero-order valence-corrected chi connectivity index (χ0v) is 29.1. The third-order valence-corrected chi connectivity index (χ3v) is 9.68. The molecule has 0 bridgehead atoms. The van der Waals surface area contributed by atoms with E-state index in [0.29, 0.717) is 22.8 Å². The molecule has 2 amide bonds. The molecule has 5 aromatic rings. The van der Waals surface area contributed by atoms with Gasteiger partial charge in [-0.05, 0) is 94.6 Å². The van der Waals surface area contributed by atoms with Crippen molar-refractivity contribution < 1.29 is 22.7 Å². The fourth-order valence-electron chi connectivity index (χ4n) is 5.34. The third kappa shape index (κ3) is 7.74. The molecule has 0 spiro atoms. The Morgan fingerprint density at radius 3 is 2.15 bits per heavy atom. The van der Waals surface area contributed by atoms with Crippen LogP contribution in [0.1, 0.15) is 69.0 Å². The summed E-state index contributed by atoms with van der Waals surface area (Å²) in [4.78, 5) is 36.1. The number of carbonyl (C=O) groups excluding carboxylic acids is 2. The number of pyridine rings is 1. The highest BCUT2D eigenvalue weighted by molar-refractivity contribution is 7.91. The van der Waals surface area contributed by atoms with Crippen molar-refractivity contribution in [3.8, 4) is 11.5 Å². The van der Waals surface area contributed by atoms with Crippen LogP contribution >= 0.6 is 0 Å². The lowest BCUT2D eigenvalue weighted by Gasteiger charge is -2.23. The van der Waals surface area contributed by atoms with E-state index < -0.39 is 33.5 Å². The molecule has 48 heavy (non-hydrogen) atoms. The SMILES string of the molecule is CCS(=O)(=O)c1ccc(C(NC(=O)OC(C)(C)C)C(=O)Nc2ccc(-c3nc4ccc(C)cc4n3[C@@H](C)c3ccc(C)cc3)nc2)cc1. The number of rotatable bonds is 9. The normalized spacial score (nSPS) is 13.1. The van der Waals surface area contributed by atoms with Crippen molar-refractivity contribution in [2.45, 2.75) is 71.0 Å². The van der Waals surface area contributed by atoms with Crippen molar-refractivity contribution in [2.24, 2.45) is 0 Å². The minimum atomic E-state index is -3.45. The Labute approximate surface area is 281 Å². The van der Waals surface area contributed by atoms with Gasteiger partial charge in [0.1, 0.15) is 17.3 Å². The highest BCUT2D eigenvalue weighted by atomic mass is 32.2. The number of amides is 2. The number of fused-ring (bicyclic) bond motifs is 1. The van der Waals surface area contributed by atoms with Crippen LogP contribution in [-0.2, 0) is 19.4 Å². The van der Waals surface area contributed by atoms with E-state index in [1.807, 2.05) is 12.1 Å². The van der Waals surface area contributed by atoms with E-state index in [9.17, 15) is 18.0 Å². The quantitative estimate of drug-likeness (QED) is 0.168. The molecule has 0 saturated heterocycles. The number of anilines is 1. The van der Waals surface area contributed by atoms with Crippen LogP contribution in [0.4, 0.5) is 10.5 Å². The largest absolute Gasteiger partial charge is 0.444 e. The second-order valence-corrected chi connectivity index (χ2v) is 15.1. The van der Waals surface area contributed by atoms with Gasteiger partial charge in [-0.15, -0.1) is 0 Å². The minimum Gasteiger partial charge on any atom is -0.444 e. The van der Waals surface area contributed by atoms with E-state index in [4.69, 9.17) is 9.72 Å². The average molecular weight is 668 g/mol. The smallest absolute Gasteiger partial charge is 0.408 e. The minimum absolute atomic E-state index is 0.0352. The molecule has 0 aliphatic carbocycles. The molecule has 2 atom stereocenters. The average Bonchev–Trinajstić information content (AvgIpc) is 3.41. The van der Waals surface area contributed by atoms with Crippen molar-refractivity contribution >= 4 is 38.6 Å². The summed E-state index contributed by atoms with van der Waals surface area (Å²) in [5.74, 6) is 0.0706. The number of benzene rings is 3. The molecule has 2 heterocycles. The van der Waals surface area contributed by atoms with Gasteiger partial charge in [0.2, 0.25) is 0 Å². The van der Waals surface area contributed by atoms with Crippen molar-refractivity contribution in [1.29, 1.82) is 0 Å². The molecular formula is C37H41N5O5S. The zero-order chi connectivity index (χ0) is 34.8. The lowest BCUT2D eigenvalue weighted by Crippen LogP contribution is -2.40. The molecule has 10 nitrogen and oxygen atoms in total. The van der Waals surface area contributed by atoms with Crippen LogP contribution < -0.4 is 10.6 Å². The summed E-state index contributed by atoms with van der Waals surface area (Å²) >= 11 is 0. The van der Waals surface area contributed by atoms with Crippen LogP contribution in [0.15, 0.2) is 90.0 Å². The van der Waals surface area contributed by atoms with Crippen LogP contribution in [0.3, 0.4) is 0 Å². The van der Waals surface area contributed by atoms with Crippen molar-refractivity contribution in [3.63, 3.8) is 0 Å². The fraction of sp³-hybridized carbons (Fsp3) is 0.297. The fourth-order valence-corrected chi connectivity index (χ4v) is 6.23. The number of carbonyl (C=O) groups is 2. The first-order chi connectivity index (χ1) is 22.6. The summed E-state index contributed by atoms with van der Waals surface area (Å²) in [5, 5.41) is 5.45. The predicted molar refractivity (Wildman–Crippen MR) is 188 cm³/mol. The molecule has 2 N–H and O–H groups in total. The van der Waals surface area contributed by atoms with E-state index in [1.54, 1.807) is 46.0 Å². The van der Waals surface area contributed by atoms with Crippen LogP contribution in [0.2, 0.25) is 0 Å². The number of hydrogen-bond acceptors (Lipinski definition) is 7. The van der Waals surface area contributed by atoms with Gasteiger partial charge in [-0.2, -0.15) is 0 Å². The first-order valence-electron chi connectivity index (χ1n) is 15.8. The van der Waals surface area contributed by atoms with Crippen LogP contribution in [0.25, 0.3) is 22.6 Å². The molecule has 5 rings (SSSR count). The summed E-state index contributed by atoms with van der Waals surface area (Å²) in [5.41, 5.74) is 5.88. The topological polar surface area (TPSA) is 132 Å². The van der Waals surface area contributed by atoms with Crippen molar-refractivity contribution in [2.75, 3.05) is 11.1 Å². The number of imidazole rings is 1. The summed E-state index contributed by atoms with van der Waals surface area (Å²) < 4.78 is 32.3. The Hall–Kier alpha value is -5.03. The molecule has 0 aliphatic heterocycles. The maximum Gasteiger partial charge on any atom is 0.408 e. The van der Waals surface area contributed by atoms with Gasteiger partial charge in [-0.25, -0.2) is 18.2 Å². The number of aryl methyl sites for hydroxylation is 2. The van der Waals surface area contributed by atoms with Gasteiger partial charge < -0.3 is 19.9 Å². The zero-order valence-electron chi connectivity index (χ0n) is 28.2. The Balaban J connectivity index is 1.45. The first-order valence-corrected chi connectivity index (χ1v) is 17.4. The van der Waals surface area contributed by atoms with E-state index >= 15 is 0 Å². The number of ether oxygens (including phenoxy) is 1. The number of sulfone groups is 1. The lowest BCUT2D eigenvalue weighted by atomic mass is 10.1. The molecule has 0 radical (unpaired) electrons. The molecule has 11 heteroatoms. The van der Waals surface area contributed by atoms with Gasteiger partial charge >= 0.3 is 6.09 Å². The Bertz CT molecular complexity index is 2050. The first kappa shape index (κ1) is 34.3. The van der Waals surface area contributed by atoms with Gasteiger partial charge in [-0.1, -0.05) is 55.0 Å². The maximum absolute atomic E-state index is 13.6. The van der Waals surface area contributed by atoms with Gasteiger partial charge in [0, 0.05) is 0 Å². The molecule has 250 valence electrons. The number of nitrogens with one attached hydrogen (secondary N) is 2. The van der Waals surface area contributed by atoms with Crippen LogP contribution in [-0.4, -0.2) is 46.3 Å². The summed E-state index contributed by atoms with van der Waals surface area (Å²) in [6, 6.07) is 22.8. The second-order valence-electron chi connectivity index (χ2n) is 12.9. The van der Waals surface area contributed by atoms with Gasteiger partial charge in [0.15, 0.2) is 15.7 Å².